The van der Waals surface area contributed by atoms with Crippen LogP contribution in [0.25, 0.3) is 0 Å². The van der Waals surface area contributed by atoms with Crippen molar-refractivity contribution in [2.24, 2.45) is 0 Å². The van der Waals surface area contributed by atoms with Crippen molar-refractivity contribution in [1.29, 1.82) is 0 Å². The van der Waals surface area contributed by atoms with Crippen molar-refractivity contribution >= 4 is 29.1 Å². The summed E-state index contributed by atoms with van der Waals surface area (Å²) in [5.74, 6) is 0.518. The first-order chi connectivity index (χ1) is 8.56. The van der Waals surface area contributed by atoms with Crippen molar-refractivity contribution < 1.29 is 9.52 Å². The Kier molecular flexibility index (Phi) is 3.84. The van der Waals surface area contributed by atoms with Crippen molar-refractivity contribution in [3.63, 3.8) is 0 Å². The van der Waals surface area contributed by atoms with Gasteiger partial charge < -0.3 is 15.3 Å². The highest BCUT2D eigenvalue weighted by atomic mass is 35.5. The summed E-state index contributed by atoms with van der Waals surface area (Å²) >= 11 is 7.44. The van der Waals surface area contributed by atoms with Gasteiger partial charge >= 0.3 is 0 Å². The normalized spacial score (nSPS) is 10.5. The fourth-order valence-electron chi connectivity index (χ4n) is 1.30. The Hall–Kier alpha value is -1.59. The van der Waals surface area contributed by atoms with E-state index in [0.29, 0.717) is 22.2 Å². The van der Waals surface area contributed by atoms with Gasteiger partial charge in [0.15, 0.2) is 5.75 Å². The van der Waals surface area contributed by atoms with E-state index >= 15 is 0 Å². The molecule has 0 fully saturated rings. The van der Waals surface area contributed by atoms with Crippen molar-refractivity contribution in [2.45, 2.75) is 10.6 Å². The van der Waals surface area contributed by atoms with Gasteiger partial charge in [0.25, 0.3) is 0 Å². The molecule has 94 valence electrons. The zero-order valence-electron chi connectivity index (χ0n) is 9.22. The van der Waals surface area contributed by atoms with Gasteiger partial charge in [0.1, 0.15) is 12.0 Å². The molecule has 0 aliphatic heterocycles. The maximum atomic E-state index is 11.2. The fraction of sp³-hybridized carbons (Fsp3) is 0.0833. The van der Waals surface area contributed by atoms with Crippen LogP contribution in [0.1, 0.15) is 5.76 Å². The van der Waals surface area contributed by atoms with Crippen LogP contribution in [0.2, 0.25) is 5.02 Å². The van der Waals surface area contributed by atoms with Crippen LogP contribution in [0, 0.1) is 0 Å². The first kappa shape index (κ1) is 12.9. The molecule has 0 atom stereocenters. The van der Waals surface area contributed by atoms with Gasteiger partial charge in [-0.25, -0.2) is 0 Å². The number of anilines is 1. The fourth-order valence-corrected chi connectivity index (χ4v) is 2.47. The van der Waals surface area contributed by atoms with Gasteiger partial charge in [-0.15, -0.1) is 11.8 Å². The number of hydrogen-bond donors (Lipinski definition) is 2. The second kappa shape index (κ2) is 5.37. The van der Waals surface area contributed by atoms with Crippen LogP contribution in [0.15, 0.2) is 44.6 Å². The molecule has 4 nitrogen and oxygen atoms in total. The summed E-state index contributed by atoms with van der Waals surface area (Å²) in [6, 6.07) is 6.48. The van der Waals surface area contributed by atoms with Crippen LogP contribution in [-0.4, -0.2) is 5.11 Å². The molecule has 0 spiro atoms. The lowest BCUT2D eigenvalue weighted by atomic mass is 10.3. The van der Waals surface area contributed by atoms with Gasteiger partial charge in [0, 0.05) is 16.6 Å². The maximum absolute atomic E-state index is 11.2. The van der Waals surface area contributed by atoms with Crippen molar-refractivity contribution in [2.75, 3.05) is 5.73 Å². The molecule has 0 saturated heterocycles. The van der Waals surface area contributed by atoms with Crippen molar-refractivity contribution in [1.82, 2.24) is 0 Å². The molecule has 2 rings (SSSR count). The Morgan fingerprint density at radius 3 is 2.83 bits per heavy atom. The van der Waals surface area contributed by atoms with Crippen molar-refractivity contribution in [3.8, 4) is 5.75 Å². The lowest BCUT2D eigenvalue weighted by Gasteiger charge is -2.04. The molecule has 0 aliphatic rings. The van der Waals surface area contributed by atoms with E-state index in [9.17, 15) is 4.79 Å². The molecule has 2 aromatic rings. The zero-order chi connectivity index (χ0) is 13.1. The predicted octanol–water partition coefficient (Wildman–Crippen LogP) is 2.87. The van der Waals surface area contributed by atoms with Gasteiger partial charge in [0.05, 0.1) is 10.8 Å². The van der Waals surface area contributed by atoms with E-state index in [1.807, 2.05) is 0 Å². The topological polar surface area (TPSA) is 76.5 Å². The second-order valence-electron chi connectivity index (χ2n) is 3.57. The Balaban J connectivity index is 2.11. The monoisotopic (exact) mass is 283 g/mol. The van der Waals surface area contributed by atoms with Crippen molar-refractivity contribution in [3.05, 3.63) is 51.5 Å². The third kappa shape index (κ3) is 3.00. The average molecular weight is 284 g/mol. The van der Waals surface area contributed by atoms with Gasteiger partial charge in [-0.1, -0.05) is 11.6 Å². The minimum absolute atomic E-state index is 0.394. The van der Waals surface area contributed by atoms with E-state index in [1.165, 1.54) is 17.8 Å². The molecular weight excluding hydrogens is 274 g/mol. The first-order valence-corrected chi connectivity index (χ1v) is 6.41. The van der Waals surface area contributed by atoms with E-state index in [4.69, 9.17) is 26.9 Å². The van der Waals surface area contributed by atoms with Gasteiger partial charge in [-0.05, 0) is 18.2 Å². The van der Waals surface area contributed by atoms with Crippen LogP contribution >= 0.6 is 23.4 Å². The summed E-state index contributed by atoms with van der Waals surface area (Å²) in [5.41, 5.74) is 5.73. The quantitative estimate of drug-likeness (QED) is 0.669. The number of nitrogens with two attached hydrogens (primary N) is 1. The largest absolute Gasteiger partial charge is 0.502 e. The van der Waals surface area contributed by atoms with Gasteiger partial charge in [-0.2, -0.15) is 0 Å². The number of rotatable bonds is 3. The standard InChI is InChI=1S/C12H10ClNO3S/c13-9-3-7(14)1-2-12(9)18-6-8-4-10(15)11(16)5-17-8/h1-5,16H,6,14H2. The molecule has 6 heteroatoms. The molecule has 18 heavy (non-hydrogen) atoms. The number of hydrogen-bond acceptors (Lipinski definition) is 5. The third-order valence-corrected chi connectivity index (χ3v) is 3.71. The molecule has 0 saturated carbocycles. The SMILES string of the molecule is Nc1ccc(SCc2cc(=O)c(O)co2)c(Cl)c1. The lowest BCUT2D eigenvalue weighted by Crippen LogP contribution is -1.99. The Morgan fingerprint density at radius 1 is 1.39 bits per heavy atom. The van der Waals surface area contributed by atoms with E-state index in [0.717, 1.165) is 11.2 Å². The minimum Gasteiger partial charge on any atom is -0.502 e. The second-order valence-corrected chi connectivity index (χ2v) is 5.00. The average Bonchev–Trinajstić information content (AvgIpc) is 2.32. The summed E-state index contributed by atoms with van der Waals surface area (Å²) in [5, 5.41) is 9.61. The van der Waals surface area contributed by atoms with E-state index in [1.54, 1.807) is 18.2 Å². The number of aromatic hydroxyl groups is 1. The van der Waals surface area contributed by atoms with Gasteiger partial charge in [-0.3, -0.25) is 4.79 Å². The highest BCUT2D eigenvalue weighted by Crippen LogP contribution is 2.31. The van der Waals surface area contributed by atoms with Gasteiger partial charge in [0.2, 0.25) is 5.43 Å². The molecular formula is C12H10ClNO3S. The smallest absolute Gasteiger partial charge is 0.226 e. The highest BCUT2D eigenvalue weighted by Gasteiger charge is 2.05. The molecule has 0 unspecified atom stereocenters. The molecule has 1 aromatic heterocycles. The third-order valence-electron chi connectivity index (χ3n) is 2.19. The van der Waals surface area contributed by atoms with Crippen LogP contribution in [0.5, 0.6) is 5.75 Å². The molecule has 0 bridgehead atoms. The summed E-state index contributed by atoms with van der Waals surface area (Å²) in [6.07, 6.45) is 1.03. The van der Waals surface area contributed by atoms with Crippen LogP contribution in [0.4, 0.5) is 5.69 Å². The maximum Gasteiger partial charge on any atom is 0.226 e. The molecule has 3 N–H and O–H groups in total. The molecule has 0 radical (unpaired) electrons. The predicted molar refractivity (Wildman–Crippen MR) is 72.1 cm³/mol. The summed E-state index contributed by atoms with van der Waals surface area (Å²) in [6.45, 7) is 0. The molecule has 1 heterocycles. The highest BCUT2D eigenvalue weighted by molar-refractivity contribution is 7.98. The van der Waals surface area contributed by atoms with E-state index in [2.05, 4.69) is 0 Å². The van der Waals surface area contributed by atoms with E-state index < -0.39 is 11.2 Å². The lowest BCUT2D eigenvalue weighted by molar-refractivity contribution is 0.419. The molecule has 1 aromatic carbocycles. The Bertz CT molecular complexity index is 627. The molecule has 0 amide bonds. The van der Waals surface area contributed by atoms with Crippen LogP contribution < -0.4 is 11.2 Å². The zero-order valence-corrected chi connectivity index (χ0v) is 10.8. The Labute approximate surface area is 112 Å². The number of benzene rings is 1. The Morgan fingerprint density at radius 2 is 2.17 bits per heavy atom. The summed E-state index contributed by atoms with van der Waals surface area (Å²) in [4.78, 5) is 12.0. The van der Waals surface area contributed by atoms with E-state index in [-0.39, 0.29) is 0 Å². The number of nitrogen functional groups attached to an aromatic ring is 1. The van der Waals surface area contributed by atoms with Crippen LogP contribution in [0.3, 0.4) is 0 Å². The number of halogens is 1. The molecule has 0 aliphatic carbocycles. The summed E-state index contributed by atoms with van der Waals surface area (Å²) in [7, 11) is 0. The number of thioether (sulfide) groups is 1. The minimum atomic E-state index is -0.458. The summed E-state index contributed by atoms with van der Waals surface area (Å²) < 4.78 is 5.09. The van der Waals surface area contributed by atoms with Crippen LogP contribution in [-0.2, 0) is 5.75 Å². The first-order valence-electron chi connectivity index (χ1n) is 5.05.